The average molecular weight is 295 g/mol. The molecule has 1 unspecified atom stereocenters. The minimum absolute atomic E-state index is 0.159. The highest BCUT2D eigenvalue weighted by molar-refractivity contribution is 5.30. The predicted octanol–water partition coefficient (Wildman–Crippen LogP) is 4.37. The zero-order valence-electron chi connectivity index (χ0n) is 12.4. The lowest BCUT2D eigenvalue weighted by atomic mass is 9.97. The molecule has 2 aliphatic rings. The second kappa shape index (κ2) is 6.30. The van der Waals surface area contributed by atoms with Crippen molar-refractivity contribution < 1.29 is 13.5 Å². The highest BCUT2D eigenvalue weighted by atomic mass is 19.3. The Morgan fingerprint density at radius 2 is 1.86 bits per heavy atom. The van der Waals surface area contributed by atoms with Gasteiger partial charge in [0.05, 0.1) is 0 Å². The fourth-order valence-corrected chi connectivity index (χ4v) is 3.16. The van der Waals surface area contributed by atoms with Crippen LogP contribution in [-0.4, -0.2) is 13.2 Å². The molecule has 0 heterocycles. The first-order chi connectivity index (χ1) is 10.1. The molecular weight excluding hydrogens is 272 g/mol. The van der Waals surface area contributed by atoms with Crippen molar-refractivity contribution in [2.24, 2.45) is 17.8 Å². The van der Waals surface area contributed by atoms with Crippen LogP contribution in [0, 0.1) is 17.8 Å². The molecule has 1 atom stereocenters. The third-order valence-corrected chi connectivity index (χ3v) is 4.70. The molecule has 0 radical (unpaired) electrons. The Balaban J connectivity index is 1.55. The molecule has 21 heavy (non-hydrogen) atoms. The van der Waals surface area contributed by atoms with E-state index < -0.39 is 6.61 Å². The van der Waals surface area contributed by atoms with Crippen LogP contribution in [0.3, 0.4) is 0 Å². The Bertz CT molecular complexity index is 460. The van der Waals surface area contributed by atoms with E-state index in [1.165, 1.54) is 25.7 Å². The van der Waals surface area contributed by atoms with Crippen molar-refractivity contribution in [1.29, 1.82) is 0 Å². The van der Waals surface area contributed by atoms with E-state index in [1.54, 1.807) is 18.2 Å². The maximum absolute atomic E-state index is 12.3. The lowest BCUT2D eigenvalue weighted by Crippen LogP contribution is -2.28. The first kappa shape index (κ1) is 14.8. The van der Waals surface area contributed by atoms with Crippen molar-refractivity contribution in [3.8, 4) is 5.75 Å². The smallest absolute Gasteiger partial charge is 0.387 e. The molecule has 2 aliphatic carbocycles. The Morgan fingerprint density at radius 3 is 2.43 bits per heavy atom. The van der Waals surface area contributed by atoms with Gasteiger partial charge in [-0.2, -0.15) is 8.78 Å². The fraction of sp³-hybridized carbons (Fsp3) is 0.647. The molecule has 116 valence electrons. The highest BCUT2D eigenvalue weighted by Gasteiger charge is 2.41. The summed E-state index contributed by atoms with van der Waals surface area (Å²) in [6.07, 6.45) is 5.54. The van der Waals surface area contributed by atoms with Gasteiger partial charge in [0, 0.05) is 6.04 Å². The van der Waals surface area contributed by atoms with Gasteiger partial charge in [0.25, 0.3) is 0 Å². The van der Waals surface area contributed by atoms with E-state index in [9.17, 15) is 8.78 Å². The van der Waals surface area contributed by atoms with Crippen LogP contribution in [0.2, 0.25) is 0 Å². The summed E-state index contributed by atoms with van der Waals surface area (Å²) in [5.74, 6) is 2.89. The molecule has 0 aromatic heterocycles. The van der Waals surface area contributed by atoms with Crippen LogP contribution in [0.25, 0.3) is 0 Å². The molecule has 2 saturated carbocycles. The van der Waals surface area contributed by atoms with Gasteiger partial charge in [-0.25, -0.2) is 0 Å². The second-order valence-electron chi connectivity index (χ2n) is 6.42. The van der Waals surface area contributed by atoms with Gasteiger partial charge < -0.3 is 10.1 Å². The zero-order chi connectivity index (χ0) is 14.8. The molecule has 1 N–H and O–H groups in total. The Labute approximate surface area is 124 Å². The molecule has 2 fully saturated rings. The van der Waals surface area contributed by atoms with Crippen LogP contribution in [-0.2, 0) is 0 Å². The maximum Gasteiger partial charge on any atom is 0.387 e. The van der Waals surface area contributed by atoms with Gasteiger partial charge in [-0.1, -0.05) is 12.1 Å². The summed E-state index contributed by atoms with van der Waals surface area (Å²) in [5.41, 5.74) is 0.999. The molecule has 0 bridgehead atoms. The van der Waals surface area contributed by atoms with Crippen LogP contribution in [0.15, 0.2) is 24.3 Å². The Kier molecular flexibility index (Phi) is 4.43. The molecule has 3 rings (SSSR count). The zero-order valence-corrected chi connectivity index (χ0v) is 12.4. The Hall–Kier alpha value is -1.16. The average Bonchev–Trinajstić information content (AvgIpc) is 3.32. The summed E-state index contributed by atoms with van der Waals surface area (Å²) in [4.78, 5) is 0. The molecule has 2 nitrogen and oxygen atoms in total. The van der Waals surface area contributed by atoms with E-state index in [4.69, 9.17) is 0 Å². The molecular formula is C17H23F2NO. The number of benzene rings is 1. The summed E-state index contributed by atoms with van der Waals surface area (Å²) in [6, 6.07) is 7.15. The van der Waals surface area contributed by atoms with Crippen LogP contribution >= 0.6 is 0 Å². The number of rotatable bonds is 8. The normalized spacial score (nSPS) is 20.0. The van der Waals surface area contributed by atoms with E-state index in [0.29, 0.717) is 0 Å². The molecule has 1 aromatic carbocycles. The van der Waals surface area contributed by atoms with Crippen LogP contribution in [0.4, 0.5) is 8.78 Å². The first-order valence-electron chi connectivity index (χ1n) is 7.91. The molecule has 0 aliphatic heterocycles. The number of halogens is 2. The molecule has 0 saturated heterocycles. The maximum atomic E-state index is 12.3. The van der Waals surface area contributed by atoms with Crippen molar-refractivity contribution >= 4 is 0 Å². The van der Waals surface area contributed by atoms with Gasteiger partial charge in [0.15, 0.2) is 0 Å². The number of nitrogens with one attached hydrogen (secondary N) is 1. The van der Waals surface area contributed by atoms with E-state index in [0.717, 1.165) is 29.9 Å². The van der Waals surface area contributed by atoms with Gasteiger partial charge in [0.2, 0.25) is 0 Å². The van der Waals surface area contributed by atoms with Crippen molar-refractivity contribution in [1.82, 2.24) is 5.32 Å². The SMILES string of the molecule is CC(NCC(C1CC1)C1CC1)c1cccc(OC(F)F)c1. The summed E-state index contributed by atoms with van der Waals surface area (Å²) >= 11 is 0. The third-order valence-electron chi connectivity index (χ3n) is 4.70. The predicted molar refractivity (Wildman–Crippen MR) is 78.4 cm³/mol. The van der Waals surface area contributed by atoms with Gasteiger partial charge in [0.1, 0.15) is 5.75 Å². The topological polar surface area (TPSA) is 21.3 Å². The minimum Gasteiger partial charge on any atom is -0.435 e. The molecule has 1 aromatic rings. The standard InChI is InChI=1S/C17H23F2NO/c1-11(14-3-2-4-15(9-14)21-17(18)19)20-10-16(12-5-6-12)13-7-8-13/h2-4,9,11-13,16-17,20H,5-8,10H2,1H3. The van der Waals surface area contributed by atoms with Crippen molar-refractivity contribution in [3.05, 3.63) is 29.8 Å². The van der Waals surface area contributed by atoms with Gasteiger partial charge in [-0.05, 0) is 74.6 Å². The molecule has 4 heteroatoms. The number of ether oxygens (including phenoxy) is 1. The highest BCUT2D eigenvalue weighted by Crippen LogP contribution is 2.49. The second-order valence-corrected chi connectivity index (χ2v) is 6.42. The van der Waals surface area contributed by atoms with E-state index in [-0.39, 0.29) is 11.8 Å². The third kappa shape index (κ3) is 4.16. The lowest BCUT2D eigenvalue weighted by Gasteiger charge is -2.21. The van der Waals surface area contributed by atoms with Crippen LogP contribution in [0.1, 0.15) is 44.2 Å². The quantitative estimate of drug-likeness (QED) is 0.768. The summed E-state index contributed by atoms with van der Waals surface area (Å²) in [7, 11) is 0. The minimum atomic E-state index is -2.77. The molecule has 0 amide bonds. The van der Waals surface area contributed by atoms with Crippen LogP contribution in [0.5, 0.6) is 5.75 Å². The van der Waals surface area contributed by atoms with Crippen LogP contribution < -0.4 is 10.1 Å². The van der Waals surface area contributed by atoms with Crippen molar-refractivity contribution in [2.45, 2.75) is 45.3 Å². The van der Waals surface area contributed by atoms with Gasteiger partial charge >= 0.3 is 6.61 Å². The van der Waals surface area contributed by atoms with E-state index >= 15 is 0 Å². The molecule has 0 spiro atoms. The largest absolute Gasteiger partial charge is 0.435 e. The van der Waals surface area contributed by atoms with Crippen molar-refractivity contribution in [3.63, 3.8) is 0 Å². The summed E-state index contributed by atoms with van der Waals surface area (Å²) < 4.78 is 29.0. The Morgan fingerprint density at radius 1 is 1.19 bits per heavy atom. The van der Waals surface area contributed by atoms with Gasteiger partial charge in [-0.3, -0.25) is 0 Å². The number of hydrogen-bond donors (Lipinski definition) is 1. The summed E-state index contributed by atoms with van der Waals surface area (Å²) in [6.45, 7) is 0.354. The fourth-order valence-electron chi connectivity index (χ4n) is 3.16. The number of hydrogen-bond acceptors (Lipinski definition) is 2. The number of alkyl halides is 2. The van der Waals surface area contributed by atoms with Gasteiger partial charge in [-0.15, -0.1) is 0 Å². The van der Waals surface area contributed by atoms with Crippen molar-refractivity contribution in [2.75, 3.05) is 6.54 Å². The first-order valence-corrected chi connectivity index (χ1v) is 7.91. The monoisotopic (exact) mass is 295 g/mol. The lowest BCUT2D eigenvalue weighted by molar-refractivity contribution is -0.0499. The van der Waals surface area contributed by atoms with E-state index in [1.807, 2.05) is 6.07 Å². The summed E-state index contributed by atoms with van der Waals surface area (Å²) in [5, 5.41) is 3.58. The van der Waals surface area contributed by atoms with E-state index in [2.05, 4.69) is 17.0 Å².